The summed E-state index contributed by atoms with van der Waals surface area (Å²) in [5, 5.41) is 0. The third kappa shape index (κ3) is 2.41. The van der Waals surface area contributed by atoms with Gasteiger partial charge in [-0.2, -0.15) is 13.2 Å². The molecule has 2 nitrogen and oxygen atoms in total. The van der Waals surface area contributed by atoms with Crippen LogP contribution < -0.4 is 4.74 Å². The summed E-state index contributed by atoms with van der Waals surface area (Å²) in [4.78, 5) is 0. The molecular formula is C10H9F3O2. The van der Waals surface area contributed by atoms with Gasteiger partial charge in [-0.05, 0) is 18.2 Å². The molecule has 0 aromatic heterocycles. The number of rotatable bonds is 2. The molecule has 0 spiro atoms. The predicted octanol–water partition coefficient (Wildman–Crippen LogP) is 2.83. The van der Waals surface area contributed by atoms with Crippen molar-refractivity contribution in [2.24, 2.45) is 0 Å². The van der Waals surface area contributed by atoms with E-state index in [1.165, 1.54) is 12.1 Å². The Balaban J connectivity index is 2.11. The lowest BCUT2D eigenvalue weighted by molar-refractivity contribution is -0.166. The standard InChI is InChI=1S/C10H9F3O2/c11-10(12,13)7-2-1-3-8(6-7)15-9-4-5-14-9/h1-3,6,9H,4-5H2. The maximum atomic E-state index is 12.3. The third-order valence-corrected chi connectivity index (χ3v) is 2.09. The molecule has 0 radical (unpaired) electrons. The second-order valence-electron chi connectivity index (χ2n) is 3.23. The van der Waals surface area contributed by atoms with Crippen molar-refractivity contribution >= 4 is 0 Å². The van der Waals surface area contributed by atoms with Crippen molar-refractivity contribution in [3.63, 3.8) is 0 Å². The summed E-state index contributed by atoms with van der Waals surface area (Å²) in [5.41, 5.74) is -0.709. The number of ether oxygens (including phenoxy) is 2. The predicted molar refractivity (Wildman–Crippen MR) is 46.4 cm³/mol. The zero-order chi connectivity index (χ0) is 10.9. The molecule has 2 rings (SSSR count). The van der Waals surface area contributed by atoms with Gasteiger partial charge in [0, 0.05) is 6.42 Å². The lowest BCUT2D eigenvalue weighted by Gasteiger charge is -2.27. The number of hydrogen-bond acceptors (Lipinski definition) is 2. The Morgan fingerprint density at radius 1 is 1.33 bits per heavy atom. The topological polar surface area (TPSA) is 18.5 Å². The Morgan fingerprint density at radius 3 is 2.60 bits per heavy atom. The summed E-state index contributed by atoms with van der Waals surface area (Å²) in [7, 11) is 0. The van der Waals surface area contributed by atoms with Gasteiger partial charge in [0.05, 0.1) is 12.2 Å². The van der Waals surface area contributed by atoms with Gasteiger partial charge in [0.15, 0.2) is 0 Å². The van der Waals surface area contributed by atoms with Gasteiger partial charge in [0.2, 0.25) is 6.29 Å². The molecule has 1 aliphatic heterocycles. The van der Waals surface area contributed by atoms with Gasteiger partial charge >= 0.3 is 6.18 Å². The summed E-state index contributed by atoms with van der Waals surface area (Å²) in [6.07, 6.45) is -4.01. The summed E-state index contributed by atoms with van der Waals surface area (Å²) in [5.74, 6) is 0.189. The molecule has 1 atom stereocenters. The first-order valence-corrected chi connectivity index (χ1v) is 4.51. The summed E-state index contributed by atoms with van der Waals surface area (Å²) >= 11 is 0. The van der Waals surface area contributed by atoms with E-state index in [-0.39, 0.29) is 5.75 Å². The van der Waals surface area contributed by atoms with E-state index in [9.17, 15) is 13.2 Å². The maximum Gasteiger partial charge on any atom is 0.416 e. The third-order valence-electron chi connectivity index (χ3n) is 2.09. The molecule has 1 aromatic rings. The first kappa shape index (κ1) is 10.3. The minimum Gasteiger partial charge on any atom is -0.465 e. The van der Waals surface area contributed by atoms with E-state index in [0.717, 1.165) is 18.6 Å². The number of halogens is 3. The Morgan fingerprint density at radius 2 is 2.07 bits per heavy atom. The van der Waals surface area contributed by atoms with Gasteiger partial charge in [-0.15, -0.1) is 0 Å². The quantitative estimate of drug-likeness (QED) is 0.759. The van der Waals surface area contributed by atoms with Crippen molar-refractivity contribution in [3.8, 4) is 5.75 Å². The fourth-order valence-corrected chi connectivity index (χ4v) is 1.20. The molecule has 15 heavy (non-hydrogen) atoms. The molecule has 1 saturated heterocycles. The number of hydrogen-bond donors (Lipinski definition) is 0. The van der Waals surface area contributed by atoms with Crippen LogP contribution in [0.1, 0.15) is 12.0 Å². The van der Waals surface area contributed by atoms with Crippen LogP contribution in [-0.4, -0.2) is 12.9 Å². The lowest BCUT2D eigenvalue weighted by atomic mass is 10.2. The Hall–Kier alpha value is -1.23. The second kappa shape index (κ2) is 3.73. The average molecular weight is 218 g/mol. The minimum absolute atomic E-state index is 0.189. The molecule has 0 bridgehead atoms. The zero-order valence-electron chi connectivity index (χ0n) is 7.75. The highest BCUT2D eigenvalue weighted by Crippen LogP contribution is 2.32. The van der Waals surface area contributed by atoms with Crippen LogP contribution in [0.15, 0.2) is 24.3 Å². The number of alkyl halides is 3. The van der Waals surface area contributed by atoms with Crippen LogP contribution in [-0.2, 0) is 10.9 Å². The molecule has 82 valence electrons. The van der Waals surface area contributed by atoms with Gasteiger partial charge in [-0.3, -0.25) is 0 Å². The van der Waals surface area contributed by atoms with Gasteiger partial charge in [-0.25, -0.2) is 0 Å². The van der Waals surface area contributed by atoms with Crippen LogP contribution in [0, 0.1) is 0 Å². The summed E-state index contributed by atoms with van der Waals surface area (Å²) in [6, 6.07) is 4.78. The SMILES string of the molecule is FC(F)(F)c1cccc(OC2CCO2)c1. The van der Waals surface area contributed by atoms with Crippen molar-refractivity contribution in [3.05, 3.63) is 29.8 Å². The van der Waals surface area contributed by atoms with Gasteiger partial charge in [-0.1, -0.05) is 6.07 Å². The molecule has 1 aromatic carbocycles. The first-order valence-electron chi connectivity index (χ1n) is 4.51. The van der Waals surface area contributed by atoms with E-state index in [1.54, 1.807) is 0 Å². The highest BCUT2D eigenvalue weighted by Gasteiger charge is 2.31. The highest BCUT2D eigenvalue weighted by molar-refractivity contribution is 5.30. The van der Waals surface area contributed by atoms with E-state index in [1.807, 2.05) is 0 Å². The Kier molecular flexibility index (Phi) is 2.56. The molecule has 1 unspecified atom stereocenters. The van der Waals surface area contributed by atoms with Crippen LogP contribution in [0.25, 0.3) is 0 Å². The lowest BCUT2D eigenvalue weighted by Crippen LogP contribution is -2.32. The molecule has 0 aliphatic carbocycles. The minimum atomic E-state index is -4.33. The molecular weight excluding hydrogens is 209 g/mol. The molecule has 0 amide bonds. The molecule has 1 aliphatic rings. The van der Waals surface area contributed by atoms with Crippen LogP contribution in [0.4, 0.5) is 13.2 Å². The van der Waals surface area contributed by atoms with Crippen LogP contribution >= 0.6 is 0 Å². The number of benzene rings is 1. The fourth-order valence-electron chi connectivity index (χ4n) is 1.20. The maximum absolute atomic E-state index is 12.3. The molecule has 1 fully saturated rings. The van der Waals surface area contributed by atoms with E-state index >= 15 is 0 Å². The highest BCUT2D eigenvalue weighted by atomic mass is 19.4. The molecule has 0 saturated carbocycles. The largest absolute Gasteiger partial charge is 0.465 e. The fraction of sp³-hybridized carbons (Fsp3) is 0.400. The van der Waals surface area contributed by atoms with E-state index in [2.05, 4.69) is 0 Å². The normalized spacial score (nSPS) is 20.9. The van der Waals surface area contributed by atoms with Crippen molar-refractivity contribution in [2.75, 3.05) is 6.61 Å². The van der Waals surface area contributed by atoms with Crippen molar-refractivity contribution < 1.29 is 22.6 Å². The van der Waals surface area contributed by atoms with Gasteiger partial charge < -0.3 is 9.47 Å². The van der Waals surface area contributed by atoms with Crippen molar-refractivity contribution in [2.45, 2.75) is 18.9 Å². The first-order chi connectivity index (χ1) is 7.05. The Bertz CT molecular complexity index is 345. The van der Waals surface area contributed by atoms with Crippen molar-refractivity contribution in [1.82, 2.24) is 0 Å². The Labute approximate surface area is 84.6 Å². The van der Waals surface area contributed by atoms with Crippen molar-refractivity contribution in [1.29, 1.82) is 0 Å². The van der Waals surface area contributed by atoms with Gasteiger partial charge in [0.1, 0.15) is 5.75 Å². The molecule has 0 N–H and O–H groups in total. The summed E-state index contributed by atoms with van der Waals surface area (Å²) < 4.78 is 47.1. The van der Waals surface area contributed by atoms with E-state index in [4.69, 9.17) is 9.47 Å². The second-order valence-corrected chi connectivity index (χ2v) is 3.23. The zero-order valence-corrected chi connectivity index (χ0v) is 7.75. The average Bonchev–Trinajstić information content (AvgIpc) is 2.11. The van der Waals surface area contributed by atoms with E-state index < -0.39 is 18.0 Å². The van der Waals surface area contributed by atoms with Crippen LogP contribution in [0.5, 0.6) is 5.75 Å². The molecule has 1 heterocycles. The van der Waals surface area contributed by atoms with Gasteiger partial charge in [0.25, 0.3) is 0 Å². The molecule has 5 heteroatoms. The van der Waals surface area contributed by atoms with E-state index in [0.29, 0.717) is 6.61 Å². The van der Waals surface area contributed by atoms with Crippen LogP contribution in [0.2, 0.25) is 0 Å². The monoisotopic (exact) mass is 218 g/mol. The van der Waals surface area contributed by atoms with Crippen LogP contribution in [0.3, 0.4) is 0 Å². The smallest absolute Gasteiger partial charge is 0.416 e. The summed E-state index contributed by atoms with van der Waals surface area (Å²) in [6.45, 7) is 0.601.